The lowest BCUT2D eigenvalue weighted by Gasteiger charge is -2.44. The van der Waals surface area contributed by atoms with Gasteiger partial charge >= 0.3 is 6.09 Å². The predicted molar refractivity (Wildman–Crippen MR) is 70.3 cm³/mol. The van der Waals surface area contributed by atoms with Gasteiger partial charge in [0.1, 0.15) is 6.61 Å². The molecule has 0 bridgehead atoms. The largest absolute Gasteiger partial charge is 0.465 e. The Kier molecular flexibility index (Phi) is 5.03. The van der Waals surface area contributed by atoms with Gasteiger partial charge in [-0.15, -0.1) is 6.42 Å². The van der Waals surface area contributed by atoms with E-state index in [-0.39, 0.29) is 11.5 Å². The fourth-order valence-electron chi connectivity index (χ4n) is 2.52. The van der Waals surface area contributed by atoms with Crippen molar-refractivity contribution in [1.82, 2.24) is 4.90 Å². The third kappa shape index (κ3) is 3.92. The molecule has 1 aliphatic heterocycles. The molecule has 0 aromatic heterocycles. The first-order chi connectivity index (χ1) is 8.36. The third-order valence-electron chi connectivity index (χ3n) is 3.50. The Bertz CT molecular complexity index is 327. The predicted octanol–water partition coefficient (Wildman–Crippen LogP) is 2.44. The molecule has 0 aromatic carbocycles. The number of carbonyl (C=O) groups is 1. The van der Waals surface area contributed by atoms with E-state index in [4.69, 9.17) is 11.2 Å². The number of likely N-dealkylation sites (tertiary alicyclic amines) is 1. The van der Waals surface area contributed by atoms with Crippen LogP contribution in [0, 0.1) is 23.7 Å². The van der Waals surface area contributed by atoms with Crippen molar-refractivity contribution in [2.24, 2.45) is 11.3 Å². The highest BCUT2D eigenvalue weighted by Gasteiger charge is 2.38. The number of terminal acetylenes is 1. The maximum absolute atomic E-state index is 11.2. The van der Waals surface area contributed by atoms with Crippen LogP contribution in [-0.2, 0) is 4.74 Å². The molecule has 0 aromatic rings. The number of rotatable bonds is 3. The first-order valence-corrected chi connectivity index (χ1v) is 6.37. The number of ether oxygens (including phenoxy) is 1. The van der Waals surface area contributed by atoms with Crippen molar-refractivity contribution < 1.29 is 14.6 Å². The van der Waals surface area contributed by atoms with Crippen molar-refractivity contribution in [3.63, 3.8) is 0 Å². The molecule has 0 radical (unpaired) electrons. The van der Waals surface area contributed by atoms with Crippen LogP contribution in [0.25, 0.3) is 0 Å². The molecule has 1 saturated heterocycles. The lowest BCUT2D eigenvalue weighted by atomic mass is 9.77. The van der Waals surface area contributed by atoms with E-state index >= 15 is 0 Å². The van der Waals surface area contributed by atoms with Gasteiger partial charge in [0.25, 0.3) is 0 Å². The van der Waals surface area contributed by atoms with Crippen LogP contribution in [0.15, 0.2) is 0 Å². The summed E-state index contributed by atoms with van der Waals surface area (Å²) in [7, 11) is 0. The lowest BCUT2D eigenvalue weighted by molar-refractivity contribution is 0.0161. The summed E-state index contributed by atoms with van der Waals surface area (Å²) < 4.78 is 5.38. The second kappa shape index (κ2) is 6.10. The van der Waals surface area contributed by atoms with Gasteiger partial charge in [-0.1, -0.05) is 26.7 Å². The van der Waals surface area contributed by atoms with Gasteiger partial charge in [-0.2, -0.15) is 0 Å². The smallest absolute Gasteiger partial charge is 0.407 e. The Morgan fingerprint density at radius 2 is 2.22 bits per heavy atom. The van der Waals surface area contributed by atoms with Crippen molar-refractivity contribution in [2.45, 2.75) is 39.7 Å². The van der Waals surface area contributed by atoms with Crippen LogP contribution in [0.4, 0.5) is 4.79 Å². The summed E-state index contributed by atoms with van der Waals surface area (Å²) >= 11 is 0. The second-order valence-electron chi connectivity index (χ2n) is 5.97. The molecule has 1 fully saturated rings. The van der Waals surface area contributed by atoms with E-state index in [2.05, 4.69) is 26.7 Å². The van der Waals surface area contributed by atoms with Gasteiger partial charge in [-0.25, -0.2) is 4.79 Å². The van der Waals surface area contributed by atoms with Gasteiger partial charge in [0.05, 0.1) is 6.61 Å². The molecule has 0 spiro atoms. The van der Waals surface area contributed by atoms with Crippen LogP contribution in [0.2, 0.25) is 0 Å². The van der Waals surface area contributed by atoms with E-state index in [1.165, 1.54) is 0 Å². The molecule has 2 atom stereocenters. The van der Waals surface area contributed by atoms with Crippen molar-refractivity contribution in [2.75, 3.05) is 19.8 Å². The standard InChI is InChI=1S/C14H23NO3/c1-5-8-18-10-11-6-7-15(13(16)17)12(9-11)14(2,3)4/h1,11-12H,6-10H2,2-4H3,(H,16,17). The maximum atomic E-state index is 11.2. The number of carboxylic acid groups (broad SMARTS) is 1. The summed E-state index contributed by atoms with van der Waals surface area (Å²) in [6, 6.07) is 0.0446. The van der Waals surface area contributed by atoms with Gasteiger partial charge in [0.2, 0.25) is 0 Å². The highest BCUT2D eigenvalue weighted by atomic mass is 16.5. The van der Waals surface area contributed by atoms with Crippen molar-refractivity contribution in [3.05, 3.63) is 0 Å². The Morgan fingerprint density at radius 3 is 2.72 bits per heavy atom. The third-order valence-corrected chi connectivity index (χ3v) is 3.50. The van der Waals surface area contributed by atoms with Crippen molar-refractivity contribution in [3.8, 4) is 12.3 Å². The summed E-state index contributed by atoms with van der Waals surface area (Å²) in [5.41, 5.74) is -0.0524. The first kappa shape index (κ1) is 14.8. The Hall–Kier alpha value is -1.21. The molecule has 1 rings (SSSR count). The van der Waals surface area contributed by atoms with E-state index in [9.17, 15) is 9.90 Å². The zero-order valence-electron chi connectivity index (χ0n) is 11.5. The fourth-order valence-corrected chi connectivity index (χ4v) is 2.52. The first-order valence-electron chi connectivity index (χ1n) is 6.37. The molecular weight excluding hydrogens is 230 g/mol. The minimum absolute atomic E-state index is 0.0446. The van der Waals surface area contributed by atoms with Crippen LogP contribution in [-0.4, -0.2) is 41.9 Å². The van der Waals surface area contributed by atoms with Gasteiger partial charge < -0.3 is 14.7 Å². The van der Waals surface area contributed by atoms with Crippen LogP contribution in [0.3, 0.4) is 0 Å². The summed E-state index contributed by atoms with van der Waals surface area (Å²) in [5, 5.41) is 9.24. The maximum Gasteiger partial charge on any atom is 0.407 e. The molecule has 102 valence electrons. The van der Waals surface area contributed by atoms with Gasteiger partial charge in [0.15, 0.2) is 0 Å². The number of amides is 1. The Morgan fingerprint density at radius 1 is 1.56 bits per heavy atom. The zero-order valence-corrected chi connectivity index (χ0v) is 11.5. The van der Waals surface area contributed by atoms with Crippen molar-refractivity contribution >= 4 is 6.09 Å². The molecule has 4 nitrogen and oxygen atoms in total. The number of piperidine rings is 1. The zero-order chi connectivity index (χ0) is 13.8. The molecule has 0 saturated carbocycles. The summed E-state index contributed by atoms with van der Waals surface area (Å²) in [6.07, 6.45) is 6.02. The van der Waals surface area contributed by atoms with Crippen LogP contribution < -0.4 is 0 Å². The Labute approximate surface area is 109 Å². The summed E-state index contributed by atoms with van der Waals surface area (Å²) in [6.45, 7) is 7.79. The van der Waals surface area contributed by atoms with E-state index in [1.807, 2.05) is 0 Å². The highest BCUT2D eigenvalue weighted by Crippen LogP contribution is 2.34. The van der Waals surface area contributed by atoms with Crippen LogP contribution in [0.5, 0.6) is 0 Å². The average Bonchev–Trinajstić information content (AvgIpc) is 2.28. The molecule has 4 heteroatoms. The van der Waals surface area contributed by atoms with E-state index in [0.717, 1.165) is 12.8 Å². The van der Waals surface area contributed by atoms with Crippen molar-refractivity contribution in [1.29, 1.82) is 0 Å². The van der Waals surface area contributed by atoms with E-state index in [0.29, 0.717) is 25.7 Å². The number of hydrogen-bond donors (Lipinski definition) is 1. The molecule has 18 heavy (non-hydrogen) atoms. The molecule has 1 aliphatic rings. The minimum Gasteiger partial charge on any atom is -0.465 e. The molecule has 2 unspecified atom stereocenters. The average molecular weight is 253 g/mol. The molecule has 0 aliphatic carbocycles. The minimum atomic E-state index is -0.821. The topological polar surface area (TPSA) is 49.8 Å². The molecule has 1 N–H and O–H groups in total. The number of hydrogen-bond acceptors (Lipinski definition) is 2. The molecular formula is C14H23NO3. The quantitative estimate of drug-likeness (QED) is 0.621. The lowest BCUT2D eigenvalue weighted by Crippen LogP contribution is -2.52. The number of nitrogens with zero attached hydrogens (tertiary/aromatic N) is 1. The van der Waals surface area contributed by atoms with E-state index in [1.54, 1.807) is 4.90 Å². The van der Waals surface area contributed by atoms with Gasteiger partial charge in [-0.3, -0.25) is 0 Å². The van der Waals surface area contributed by atoms with Gasteiger partial charge in [-0.05, 0) is 24.2 Å². The van der Waals surface area contributed by atoms with E-state index < -0.39 is 6.09 Å². The fraction of sp³-hybridized carbons (Fsp3) is 0.786. The van der Waals surface area contributed by atoms with Crippen LogP contribution >= 0.6 is 0 Å². The monoisotopic (exact) mass is 253 g/mol. The second-order valence-corrected chi connectivity index (χ2v) is 5.97. The SMILES string of the molecule is C#CCOCC1CCN(C(=O)O)C(C(C)(C)C)C1. The van der Waals surface area contributed by atoms with Crippen LogP contribution in [0.1, 0.15) is 33.6 Å². The Balaban J connectivity index is 2.63. The van der Waals surface area contributed by atoms with Gasteiger partial charge in [0, 0.05) is 12.6 Å². The normalized spacial score (nSPS) is 24.7. The summed E-state index contributed by atoms with van der Waals surface area (Å²) in [4.78, 5) is 12.8. The highest BCUT2D eigenvalue weighted by molar-refractivity contribution is 5.65. The molecule has 1 heterocycles. The summed E-state index contributed by atoms with van der Waals surface area (Å²) in [5.74, 6) is 2.85. The molecule has 1 amide bonds.